The van der Waals surface area contributed by atoms with Crippen molar-refractivity contribution in [3.05, 3.63) is 75.8 Å². The molecular weight excluding hydrogens is 392 g/mol. The van der Waals surface area contributed by atoms with Gasteiger partial charge in [0.25, 0.3) is 22.7 Å². The van der Waals surface area contributed by atoms with Crippen LogP contribution in [-0.4, -0.2) is 26.4 Å². The number of hydrogen-bond acceptors (Lipinski definition) is 10. The van der Waals surface area contributed by atoms with Gasteiger partial charge < -0.3 is 10.6 Å². The molecule has 0 aliphatic heterocycles. The zero-order chi connectivity index (χ0) is 21.9. The molecule has 29 heavy (non-hydrogen) atoms. The van der Waals surface area contributed by atoms with E-state index in [4.69, 9.17) is 0 Å². The van der Waals surface area contributed by atoms with Crippen molar-refractivity contribution in [2.45, 2.75) is 13.8 Å². The van der Waals surface area contributed by atoms with Crippen molar-refractivity contribution in [1.29, 1.82) is 0 Å². The van der Waals surface area contributed by atoms with Gasteiger partial charge in [0.1, 0.15) is 0 Å². The molecule has 0 aromatic heterocycles. The van der Waals surface area contributed by atoms with Gasteiger partial charge in [-0.2, -0.15) is 0 Å². The summed E-state index contributed by atoms with van der Waals surface area (Å²) >= 11 is 0. The van der Waals surface area contributed by atoms with E-state index in [-0.39, 0.29) is 29.2 Å². The Morgan fingerprint density at radius 3 is 1.28 bits per heavy atom. The third-order valence-electron chi connectivity index (χ3n) is 4.10. The summed E-state index contributed by atoms with van der Waals surface area (Å²) in [5, 5.41) is 49.6. The molecular formula is C15H14N6O8. The first-order valence-corrected chi connectivity index (χ1v) is 7.87. The van der Waals surface area contributed by atoms with Crippen LogP contribution in [0.1, 0.15) is 11.1 Å². The van der Waals surface area contributed by atoms with Crippen LogP contribution >= 0.6 is 0 Å². The number of rotatable bonds is 8. The molecule has 14 nitrogen and oxygen atoms in total. The summed E-state index contributed by atoms with van der Waals surface area (Å²) in [5.74, 6) is 0. The maximum atomic E-state index is 11.1. The summed E-state index contributed by atoms with van der Waals surface area (Å²) < 4.78 is 0. The lowest BCUT2D eigenvalue weighted by molar-refractivity contribution is -0.394. The zero-order valence-corrected chi connectivity index (χ0v) is 15.1. The minimum Gasteiger partial charge on any atom is -0.367 e. The van der Waals surface area contributed by atoms with Gasteiger partial charge in [-0.05, 0) is 13.8 Å². The Labute approximate surface area is 161 Å². The summed E-state index contributed by atoms with van der Waals surface area (Å²) in [7, 11) is 0. The number of nitro groups is 4. The fraction of sp³-hybridized carbons (Fsp3) is 0.200. The minimum absolute atomic E-state index is 0.0935. The third kappa shape index (κ3) is 4.49. The predicted octanol–water partition coefficient (Wildman–Crippen LogP) is 3.42. The van der Waals surface area contributed by atoms with Crippen LogP contribution in [0.15, 0.2) is 24.3 Å². The van der Waals surface area contributed by atoms with Gasteiger partial charge in [-0.3, -0.25) is 40.5 Å². The van der Waals surface area contributed by atoms with Crippen LogP contribution in [0, 0.1) is 54.3 Å². The van der Waals surface area contributed by atoms with Crippen LogP contribution < -0.4 is 10.6 Å². The summed E-state index contributed by atoms with van der Waals surface area (Å²) in [6.45, 7) is 2.62. The summed E-state index contributed by atoms with van der Waals surface area (Å²) in [6.07, 6.45) is 0. The maximum Gasteiger partial charge on any atom is 0.281 e. The van der Waals surface area contributed by atoms with Gasteiger partial charge >= 0.3 is 0 Å². The van der Waals surface area contributed by atoms with Crippen LogP contribution in [0.3, 0.4) is 0 Å². The van der Waals surface area contributed by atoms with E-state index in [9.17, 15) is 40.5 Å². The van der Waals surface area contributed by atoms with Crippen molar-refractivity contribution in [3.8, 4) is 0 Å². The summed E-state index contributed by atoms with van der Waals surface area (Å²) in [4.78, 5) is 41.1. The monoisotopic (exact) mass is 406 g/mol. The van der Waals surface area contributed by atoms with Crippen LogP contribution in [0.4, 0.5) is 34.1 Å². The lowest BCUT2D eigenvalue weighted by Crippen LogP contribution is -2.14. The van der Waals surface area contributed by atoms with E-state index < -0.39 is 42.4 Å². The molecule has 2 aromatic carbocycles. The molecule has 0 radical (unpaired) electrons. The number of nitrogens with one attached hydrogen (secondary N) is 2. The molecule has 0 saturated heterocycles. The molecule has 2 rings (SSSR count). The minimum atomic E-state index is -0.779. The molecule has 0 aliphatic carbocycles. The molecule has 0 amide bonds. The Morgan fingerprint density at radius 1 is 0.655 bits per heavy atom. The molecule has 0 saturated carbocycles. The molecule has 2 aromatic rings. The van der Waals surface area contributed by atoms with Gasteiger partial charge in [-0.1, -0.05) is 0 Å². The average molecular weight is 406 g/mol. The van der Waals surface area contributed by atoms with E-state index in [1.54, 1.807) is 0 Å². The van der Waals surface area contributed by atoms with Crippen LogP contribution in [0.2, 0.25) is 0 Å². The molecule has 2 N–H and O–H groups in total. The number of nitro benzene ring substituents is 4. The molecule has 14 heteroatoms. The molecule has 0 heterocycles. The number of hydrogen-bond donors (Lipinski definition) is 2. The highest BCUT2D eigenvalue weighted by Gasteiger charge is 2.23. The highest BCUT2D eigenvalue weighted by Crippen LogP contribution is 2.33. The quantitative estimate of drug-likeness (QED) is 0.372. The number of non-ortho nitro benzene ring substituents is 2. The standard InChI is InChI=1S/C15H14N6O8/c1-8-12(3-10(18(22)23)5-14(8)20(26)27)16-7-17-13-4-11(19(24)25)6-15(9(13)2)21(28)29/h3-6,16-17H,7H2,1-2H3. The Morgan fingerprint density at radius 2 is 1.00 bits per heavy atom. The second-order valence-electron chi connectivity index (χ2n) is 5.83. The third-order valence-corrected chi connectivity index (χ3v) is 4.10. The fourth-order valence-electron chi connectivity index (χ4n) is 2.56. The molecule has 0 bridgehead atoms. The normalized spacial score (nSPS) is 10.3. The van der Waals surface area contributed by atoms with Crippen LogP contribution in [-0.2, 0) is 0 Å². The smallest absolute Gasteiger partial charge is 0.281 e. The van der Waals surface area contributed by atoms with Crippen molar-refractivity contribution in [1.82, 2.24) is 0 Å². The Kier molecular flexibility index (Phi) is 5.86. The van der Waals surface area contributed by atoms with E-state index in [0.717, 1.165) is 24.3 Å². The predicted molar refractivity (Wildman–Crippen MR) is 101 cm³/mol. The average Bonchev–Trinajstić information content (AvgIpc) is 2.63. The number of benzene rings is 2. The van der Waals surface area contributed by atoms with Crippen molar-refractivity contribution in [2.75, 3.05) is 17.3 Å². The Hall–Kier alpha value is -4.36. The van der Waals surface area contributed by atoms with Crippen molar-refractivity contribution in [2.24, 2.45) is 0 Å². The molecule has 0 unspecified atom stereocenters. The highest BCUT2D eigenvalue weighted by atomic mass is 16.6. The molecule has 0 fully saturated rings. The van der Waals surface area contributed by atoms with Crippen molar-refractivity contribution >= 4 is 34.1 Å². The Bertz CT molecular complexity index is 956. The van der Waals surface area contributed by atoms with E-state index in [0.29, 0.717) is 0 Å². The van der Waals surface area contributed by atoms with E-state index in [1.807, 2.05) is 0 Å². The van der Waals surface area contributed by atoms with Crippen LogP contribution in [0.25, 0.3) is 0 Å². The fourth-order valence-corrected chi connectivity index (χ4v) is 2.56. The Balaban J connectivity index is 2.33. The van der Waals surface area contributed by atoms with Crippen LogP contribution in [0.5, 0.6) is 0 Å². The van der Waals surface area contributed by atoms with Gasteiger partial charge in [-0.25, -0.2) is 0 Å². The molecule has 0 aliphatic rings. The molecule has 152 valence electrons. The lowest BCUT2D eigenvalue weighted by Gasteiger charge is -2.13. The molecule has 0 atom stereocenters. The SMILES string of the molecule is Cc1c(NCNc2cc([N+](=O)[O-])cc([N+](=O)[O-])c2C)cc([N+](=O)[O-])cc1[N+](=O)[O-]. The zero-order valence-electron chi connectivity index (χ0n) is 15.1. The number of nitrogens with zero attached hydrogens (tertiary/aromatic N) is 4. The van der Waals surface area contributed by atoms with E-state index >= 15 is 0 Å². The lowest BCUT2D eigenvalue weighted by atomic mass is 10.1. The van der Waals surface area contributed by atoms with Gasteiger partial charge in [0, 0.05) is 12.1 Å². The highest BCUT2D eigenvalue weighted by molar-refractivity contribution is 5.68. The van der Waals surface area contributed by atoms with Gasteiger partial charge in [0.15, 0.2) is 0 Å². The molecule has 0 spiro atoms. The van der Waals surface area contributed by atoms with Crippen molar-refractivity contribution < 1.29 is 19.7 Å². The largest absolute Gasteiger partial charge is 0.367 e. The van der Waals surface area contributed by atoms with Gasteiger partial charge in [-0.15, -0.1) is 0 Å². The van der Waals surface area contributed by atoms with E-state index in [1.165, 1.54) is 13.8 Å². The summed E-state index contributed by atoms with van der Waals surface area (Å²) in [6, 6.07) is 3.88. The number of anilines is 2. The summed E-state index contributed by atoms with van der Waals surface area (Å²) in [5.41, 5.74) is -1.42. The first kappa shape index (κ1) is 20.9. The van der Waals surface area contributed by atoms with Crippen molar-refractivity contribution in [3.63, 3.8) is 0 Å². The first-order chi connectivity index (χ1) is 13.5. The topological polar surface area (TPSA) is 197 Å². The second kappa shape index (κ2) is 8.12. The van der Waals surface area contributed by atoms with Gasteiger partial charge in [0.2, 0.25) is 0 Å². The second-order valence-corrected chi connectivity index (χ2v) is 5.83. The van der Waals surface area contributed by atoms with E-state index in [2.05, 4.69) is 10.6 Å². The first-order valence-electron chi connectivity index (χ1n) is 7.87. The van der Waals surface area contributed by atoms with Gasteiger partial charge in [0.05, 0.1) is 61.0 Å². The maximum absolute atomic E-state index is 11.1.